The molecule has 22 heavy (non-hydrogen) atoms. The first-order valence-corrected chi connectivity index (χ1v) is 6.88. The molecule has 0 saturated heterocycles. The van der Waals surface area contributed by atoms with Crippen LogP contribution in [0.3, 0.4) is 0 Å². The zero-order valence-corrected chi connectivity index (χ0v) is 12.2. The van der Waals surface area contributed by atoms with Crippen LogP contribution in [0.25, 0.3) is 0 Å². The van der Waals surface area contributed by atoms with Gasteiger partial charge < -0.3 is 10.4 Å². The highest BCUT2D eigenvalue weighted by atomic mass is 35.5. The van der Waals surface area contributed by atoms with E-state index in [9.17, 15) is 19.1 Å². The molecule has 0 radical (unpaired) electrons. The molecule has 0 bridgehead atoms. The summed E-state index contributed by atoms with van der Waals surface area (Å²) in [6.45, 7) is 0. The van der Waals surface area contributed by atoms with Gasteiger partial charge in [-0.15, -0.1) is 0 Å². The van der Waals surface area contributed by atoms with Crippen LogP contribution in [0.2, 0.25) is 5.02 Å². The highest BCUT2D eigenvalue weighted by Crippen LogP contribution is 2.17. The normalized spacial score (nSPS) is 11.7. The molecule has 6 heteroatoms. The van der Waals surface area contributed by atoms with Crippen molar-refractivity contribution in [2.24, 2.45) is 0 Å². The van der Waals surface area contributed by atoms with Gasteiger partial charge in [0.15, 0.2) is 0 Å². The molecule has 0 aliphatic carbocycles. The van der Waals surface area contributed by atoms with E-state index in [0.29, 0.717) is 10.6 Å². The number of hydrogen-bond donors (Lipinski definition) is 2. The number of halogens is 2. The Hall–Kier alpha value is -2.40. The van der Waals surface area contributed by atoms with Gasteiger partial charge in [0.05, 0.1) is 0 Å². The molecule has 2 N–H and O–H groups in total. The molecular formula is C16H13ClFNO3. The average Bonchev–Trinajstić information content (AvgIpc) is 2.49. The van der Waals surface area contributed by atoms with Gasteiger partial charge in [-0.25, -0.2) is 9.18 Å². The van der Waals surface area contributed by atoms with Crippen LogP contribution in [-0.4, -0.2) is 23.0 Å². The predicted octanol–water partition coefficient (Wildman–Crippen LogP) is 2.90. The van der Waals surface area contributed by atoms with Crippen LogP contribution < -0.4 is 5.32 Å². The first kappa shape index (κ1) is 16.0. The van der Waals surface area contributed by atoms with Crippen molar-refractivity contribution in [1.82, 2.24) is 5.32 Å². The minimum Gasteiger partial charge on any atom is -0.480 e. The number of hydrogen-bond acceptors (Lipinski definition) is 2. The van der Waals surface area contributed by atoms with Gasteiger partial charge in [0.2, 0.25) is 0 Å². The monoisotopic (exact) mass is 321 g/mol. The van der Waals surface area contributed by atoms with Crippen molar-refractivity contribution in [2.45, 2.75) is 12.5 Å². The van der Waals surface area contributed by atoms with Gasteiger partial charge in [-0.05, 0) is 35.9 Å². The second kappa shape index (κ2) is 7.04. The zero-order valence-electron chi connectivity index (χ0n) is 11.4. The van der Waals surface area contributed by atoms with Crippen molar-refractivity contribution in [3.8, 4) is 0 Å². The highest BCUT2D eigenvalue weighted by Gasteiger charge is 2.22. The van der Waals surface area contributed by atoms with E-state index < -0.39 is 23.7 Å². The Labute approximate surface area is 131 Å². The summed E-state index contributed by atoms with van der Waals surface area (Å²) in [5.41, 5.74) is 0.808. The molecule has 0 spiro atoms. The van der Waals surface area contributed by atoms with Crippen LogP contribution in [0.5, 0.6) is 0 Å². The van der Waals surface area contributed by atoms with E-state index in [4.69, 9.17) is 11.6 Å². The van der Waals surface area contributed by atoms with Gasteiger partial charge in [-0.1, -0.05) is 29.8 Å². The van der Waals surface area contributed by atoms with E-state index in [2.05, 4.69) is 5.32 Å². The Morgan fingerprint density at radius 1 is 1.14 bits per heavy atom. The van der Waals surface area contributed by atoms with Crippen LogP contribution >= 0.6 is 11.6 Å². The summed E-state index contributed by atoms with van der Waals surface area (Å²) in [5, 5.41) is 12.1. The van der Waals surface area contributed by atoms with Gasteiger partial charge in [-0.3, -0.25) is 4.79 Å². The van der Waals surface area contributed by atoms with Gasteiger partial charge in [0, 0.05) is 17.0 Å². The average molecular weight is 322 g/mol. The lowest BCUT2D eigenvalue weighted by atomic mass is 10.1. The lowest BCUT2D eigenvalue weighted by Crippen LogP contribution is -2.42. The van der Waals surface area contributed by atoms with E-state index >= 15 is 0 Å². The number of amides is 1. The lowest BCUT2D eigenvalue weighted by molar-refractivity contribution is -0.139. The number of carboxylic acid groups (broad SMARTS) is 1. The third kappa shape index (κ3) is 4.05. The Bertz CT molecular complexity index is 688. The van der Waals surface area contributed by atoms with Crippen molar-refractivity contribution < 1.29 is 19.1 Å². The fraction of sp³-hybridized carbons (Fsp3) is 0.125. The van der Waals surface area contributed by atoms with Gasteiger partial charge in [0.1, 0.15) is 11.9 Å². The first-order valence-electron chi connectivity index (χ1n) is 6.50. The van der Waals surface area contributed by atoms with Crippen molar-refractivity contribution in [1.29, 1.82) is 0 Å². The van der Waals surface area contributed by atoms with Gasteiger partial charge >= 0.3 is 5.97 Å². The predicted molar refractivity (Wildman–Crippen MR) is 80.4 cm³/mol. The van der Waals surface area contributed by atoms with Crippen LogP contribution in [-0.2, 0) is 11.2 Å². The highest BCUT2D eigenvalue weighted by molar-refractivity contribution is 6.31. The third-order valence-corrected chi connectivity index (χ3v) is 3.46. The Morgan fingerprint density at radius 2 is 1.77 bits per heavy atom. The fourth-order valence-corrected chi connectivity index (χ4v) is 2.14. The molecule has 114 valence electrons. The second-order valence-corrected chi connectivity index (χ2v) is 5.07. The summed E-state index contributed by atoms with van der Waals surface area (Å²) in [5.74, 6) is -2.22. The number of carbonyl (C=O) groups excluding carboxylic acids is 1. The quantitative estimate of drug-likeness (QED) is 0.890. The maximum Gasteiger partial charge on any atom is 0.326 e. The molecule has 2 rings (SSSR count). The van der Waals surface area contributed by atoms with E-state index in [-0.39, 0.29) is 12.0 Å². The van der Waals surface area contributed by atoms with Crippen molar-refractivity contribution >= 4 is 23.5 Å². The Kier molecular flexibility index (Phi) is 5.12. The number of carboxylic acids is 1. The summed E-state index contributed by atoms with van der Waals surface area (Å²) in [7, 11) is 0. The van der Waals surface area contributed by atoms with Gasteiger partial charge in [-0.2, -0.15) is 0 Å². The zero-order chi connectivity index (χ0) is 16.1. The van der Waals surface area contributed by atoms with E-state index in [1.807, 2.05) is 0 Å². The summed E-state index contributed by atoms with van der Waals surface area (Å²) in [6, 6.07) is 10.5. The molecule has 1 amide bonds. The molecule has 4 nitrogen and oxygen atoms in total. The number of aliphatic carboxylic acids is 1. The summed E-state index contributed by atoms with van der Waals surface area (Å²) in [4.78, 5) is 23.3. The summed E-state index contributed by atoms with van der Waals surface area (Å²) >= 11 is 6.00. The van der Waals surface area contributed by atoms with Crippen LogP contribution in [0.15, 0.2) is 48.5 Å². The molecule has 2 aromatic rings. The van der Waals surface area contributed by atoms with E-state index in [1.54, 1.807) is 24.3 Å². The van der Waals surface area contributed by atoms with E-state index in [1.165, 1.54) is 12.1 Å². The smallest absolute Gasteiger partial charge is 0.326 e. The summed E-state index contributed by atoms with van der Waals surface area (Å²) in [6.07, 6.45) is 0.0575. The fourth-order valence-electron chi connectivity index (χ4n) is 1.93. The lowest BCUT2D eigenvalue weighted by Gasteiger charge is -2.15. The molecule has 0 aliphatic rings. The third-order valence-electron chi connectivity index (χ3n) is 3.09. The van der Waals surface area contributed by atoms with Crippen LogP contribution in [0.4, 0.5) is 4.39 Å². The van der Waals surface area contributed by atoms with Gasteiger partial charge in [0.25, 0.3) is 5.91 Å². The molecule has 0 saturated carbocycles. The molecule has 0 fully saturated rings. The Balaban J connectivity index is 2.12. The van der Waals surface area contributed by atoms with Crippen molar-refractivity contribution in [2.75, 3.05) is 0 Å². The minimum absolute atomic E-state index is 0.0575. The number of nitrogens with one attached hydrogen (secondary N) is 1. The molecule has 0 unspecified atom stereocenters. The van der Waals surface area contributed by atoms with Crippen LogP contribution in [0.1, 0.15) is 15.9 Å². The molecule has 2 aromatic carbocycles. The molecule has 0 aromatic heterocycles. The minimum atomic E-state index is -1.17. The SMILES string of the molecule is O=C(N[C@@H](Cc1ccccc1Cl)C(=O)O)c1ccc(F)cc1. The standard InChI is InChI=1S/C16H13ClFNO3/c17-13-4-2-1-3-11(13)9-14(16(21)22)19-15(20)10-5-7-12(18)8-6-10/h1-8,14H,9H2,(H,19,20)(H,21,22)/t14-/m0/s1. The van der Waals surface area contributed by atoms with Crippen LogP contribution in [0, 0.1) is 5.82 Å². The largest absolute Gasteiger partial charge is 0.480 e. The molecule has 1 atom stereocenters. The maximum absolute atomic E-state index is 12.8. The second-order valence-electron chi connectivity index (χ2n) is 4.67. The number of rotatable bonds is 5. The first-order chi connectivity index (χ1) is 10.5. The van der Waals surface area contributed by atoms with Crippen molar-refractivity contribution in [3.05, 3.63) is 70.5 Å². The maximum atomic E-state index is 12.8. The topological polar surface area (TPSA) is 66.4 Å². The molecule has 0 heterocycles. The number of carbonyl (C=O) groups is 2. The Morgan fingerprint density at radius 3 is 2.36 bits per heavy atom. The molecule has 0 aliphatic heterocycles. The van der Waals surface area contributed by atoms with E-state index in [0.717, 1.165) is 12.1 Å². The summed E-state index contributed by atoms with van der Waals surface area (Å²) < 4.78 is 12.8. The number of benzene rings is 2. The molecular weight excluding hydrogens is 309 g/mol. The van der Waals surface area contributed by atoms with Crippen molar-refractivity contribution in [3.63, 3.8) is 0 Å².